The standard InChI is InChI=1S/C29H36F2N4O/c1-3-5-7-13-22(32)14-10-11-20-35-26-18-9-8-17-25(26)33-27(35)21-34(19-6-4-2)29(36)23-15-12-16-24(30)28(23)31/h8-12,15-18,32H,3-7,13-14,19-21H2,1-2H3. The highest BCUT2D eigenvalue weighted by Gasteiger charge is 2.23. The Hall–Kier alpha value is -3.35. The van der Waals surface area contributed by atoms with Gasteiger partial charge in [-0.3, -0.25) is 4.79 Å². The molecule has 3 rings (SSSR count). The molecule has 3 aromatic rings. The van der Waals surface area contributed by atoms with Gasteiger partial charge in [-0.2, -0.15) is 0 Å². The van der Waals surface area contributed by atoms with Gasteiger partial charge in [0, 0.05) is 25.2 Å². The van der Waals surface area contributed by atoms with Gasteiger partial charge in [0.2, 0.25) is 0 Å². The fourth-order valence-electron chi connectivity index (χ4n) is 4.16. The smallest absolute Gasteiger partial charge is 0.257 e. The van der Waals surface area contributed by atoms with Crippen LogP contribution in [0.1, 0.15) is 75.0 Å². The van der Waals surface area contributed by atoms with Gasteiger partial charge in [-0.25, -0.2) is 13.8 Å². The van der Waals surface area contributed by atoms with Crippen LogP contribution in [0.25, 0.3) is 11.0 Å². The molecule has 0 spiro atoms. The largest absolute Gasteiger partial charge is 0.331 e. The summed E-state index contributed by atoms with van der Waals surface area (Å²) in [6.45, 7) is 5.32. The van der Waals surface area contributed by atoms with Crippen molar-refractivity contribution in [1.29, 1.82) is 5.41 Å². The number of fused-ring (bicyclic) bond motifs is 1. The van der Waals surface area contributed by atoms with Gasteiger partial charge in [0.25, 0.3) is 5.91 Å². The third-order valence-electron chi connectivity index (χ3n) is 6.22. The molecule has 0 aliphatic heterocycles. The van der Waals surface area contributed by atoms with E-state index in [4.69, 9.17) is 10.4 Å². The molecule has 7 heteroatoms. The number of nitrogens with zero attached hydrogens (tertiary/aromatic N) is 3. The number of unbranched alkanes of at least 4 members (excludes halogenated alkanes) is 3. The number of amides is 1. The molecule has 36 heavy (non-hydrogen) atoms. The van der Waals surface area contributed by atoms with Crippen molar-refractivity contribution in [3.8, 4) is 0 Å². The minimum atomic E-state index is -1.12. The van der Waals surface area contributed by atoms with Crippen molar-refractivity contribution < 1.29 is 13.6 Å². The van der Waals surface area contributed by atoms with Gasteiger partial charge in [0.1, 0.15) is 5.82 Å². The summed E-state index contributed by atoms with van der Waals surface area (Å²) in [5, 5.41) is 8.14. The number of allylic oxidation sites excluding steroid dienone is 2. The van der Waals surface area contributed by atoms with E-state index in [9.17, 15) is 13.6 Å². The quantitative estimate of drug-likeness (QED) is 0.145. The average Bonchev–Trinajstić information content (AvgIpc) is 3.22. The summed E-state index contributed by atoms with van der Waals surface area (Å²) < 4.78 is 30.3. The van der Waals surface area contributed by atoms with E-state index < -0.39 is 17.5 Å². The summed E-state index contributed by atoms with van der Waals surface area (Å²) in [7, 11) is 0. The molecule has 0 aliphatic carbocycles. The van der Waals surface area contributed by atoms with E-state index in [1.807, 2.05) is 47.9 Å². The van der Waals surface area contributed by atoms with E-state index in [0.717, 1.165) is 61.3 Å². The molecular weight excluding hydrogens is 458 g/mol. The van der Waals surface area contributed by atoms with Crippen molar-refractivity contribution in [2.24, 2.45) is 0 Å². The Morgan fingerprint density at radius 3 is 2.58 bits per heavy atom. The van der Waals surface area contributed by atoms with E-state index in [1.54, 1.807) is 4.90 Å². The predicted molar refractivity (Wildman–Crippen MR) is 141 cm³/mol. The summed E-state index contributed by atoms with van der Waals surface area (Å²) in [5.41, 5.74) is 2.21. The number of nitrogens with one attached hydrogen (secondary N) is 1. The maximum Gasteiger partial charge on any atom is 0.257 e. The molecule has 0 aliphatic rings. The van der Waals surface area contributed by atoms with E-state index >= 15 is 0 Å². The fraction of sp³-hybridized carbons (Fsp3) is 0.414. The summed E-state index contributed by atoms with van der Waals surface area (Å²) in [5.74, 6) is -2.02. The van der Waals surface area contributed by atoms with Crippen LogP contribution in [-0.2, 0) is 13.1 Å². The Labute approximate surface area is 212 Å². The highest BCUT2D eigenvalue weighted by molar-refractivity contribution is 5.94. The van der Waals surface area contributed by atoms with Crippen LogP contribution in [0.2, 0.25) is 0 Å². The van der Waals surface area contributed by atoms with Gasteiger partial charge < -0.3 is 14.9 Å². The number of para-hydroxylation sites is 2. The molecule has 2 aromatic carbocycles. The summed E-state index contributed by atoms with van der Waals surface area (Å²) in [6, 6.07) is 11.4. The van der Waals surface area contributed by atoms with E-state index in [-0.39, 0.29) is 12.1 Å². The second-order valence-corrected chi connectivity index (χ2v) is 9.05. The van der Waals surface area contributed by atoms with Crippen LogP contribution in [0.4, 0.5) is 8.78 Å². The van der Waals surface area contributed by atoms with Crippen molar-refractivity contribution in [2.75, 3.05) is 6.54 Å². The number of benzene rings is 2. The number of carbonyl (C=O) groups excluding carboxylic acids is 1. The maximum atomic E-state index is 14.4. The molecule has 0 radical (unpaired) electrons. The van der Waals surface area contributed by atoms with Gasteiger partial charge in [-0.1, -0.05) is 63.5 Å². The second-order valence-electron chi connectivity index (χ2n) is 9.05. The molecule has 0 fully saturated rings. The Morgan fingerprint density at radius 1 is 1.03 bits per heavy atom. The van der Waals surface area contributed by atoms with Crippen LogP contribution < -0.4 is 0 Å². The molecule has 1 N–H and O–H groups in total. The molecule has 1 aromatic heterocycles. The topological polar surface area (TPSA) is 62.0 Å². The molecule has 0 saturated heterocycles. The molecule has 1 amide bonds. The lowest BCUT2D eigenvalue weighted by molar-refractivity contribution is 0.0729. The van der Waals surface area contributed by atoms with Gasteiger partial charge in [-0.05, 0) is 43.5 Å². The zero-order chi connectivity index (χ0) is 25.9. The SMILES string of the molecule is CCCCCC(=N)CC=CCn1c(CN(CCCC)C(=O)c2cccc(F)c2F)nc2ccccc21. The van der Waals surface area contributed by atoms with E-state index in [0.29, 0.717) is 25.3 Å². The van der Waals surface area contributed by atoms with Crippen molar-refractivity contribution in [3.05, 3.63) is 77.6 Å². The highest BCUT2D eigenvalue weighted by atomic mass is 19.2. The van der Waals surface area contributed by atoms with Crippen molar-refractivity contribution in [1.82, 2.24) is 14.5 Å². The minimum Gasteiger partial charge on any atom is -0.331 e. The first-order valence-corrected chi connectivity index (χ1v) is 12.8. The lowest BCUT2D eigenvalue weighted by Crippen LogP contribution is -2.33. The molecule has 0 unspecified atom stereocenters. The number of hydrogen-bond donors (Lipinski definition) is 1. The Kier molecular flexibility index (Phi) is 10.3. The molecule has 0 atom stereocenters. The zero-order valence-corrected chi connectivity index (χ0v) is 21.3. The second kappa shape index (κ2) is 13.7. The minimum absolute atomic E-state index is 0.185. The number of rotatable bonds is 14. The number of halogens is 2. The maximum absolute atomic E-state index is 14.4. The molecule has 0 bridgehead atoms. The zero-order valence-electron chi connectivity index (χ0n) is 21.3. The molecular formula is C29H36F2N4O. The Morgan fingerprint density at radius 2 is 1.81 bits per heavy atom. The first-order chi connectivity index (χ1) is 17.5. The first-order valence-electron chi connectivity index (χ1n) is 12.8. The lowest BCUT2D eigenvalue weighted by atomic mass is 10.1. The predicted octanol–water partition coefficient (Wildman–Crippen LogP) is 7.30. The van der Waals surface area contributed by atoms with Gasteiger partial charge in [0.15, 0.2) is 11.6 Å². The molecule has 5 nitrogen and oxygen atoms in total. The van der Waals surface area contributed by atoms with Crippen molar-refractivity contribution >= 4 is 22.7 Å². The number of imidazole rings is 1. The van der Waals surface area contributed by atoms with Crippen LogP contribution in [0.15, 0.2) is 54.6 Å². The normalized spacial score (nSPS) is 11.4. The molecule has 0 saturated carbocycles. The van der Waals surface area contributed by atoms with Crippen LogP contribution in [0, 0.1) is 17.0 Å². The molecule has 1 heterocycles. The first kappa shape index (κ1) is 27.2. The number of carbonyl (C=O) groups is 1. The lowest BCUT2D eigenvalue weighted by Gasteiger charge is -2.23. The fourth-order valence-corrected chi connectivity index (χ4v) is 4.16. The monoisotopic (exact) mass is 494 g/mol. The van der Waals surface area contributed by atoms with Crippen LogP contribution in [-0.4, -0.2) is 32.6 Å². The summed E-state index contributed by atoms with van der Waals surface area (Å²) in [4.78, 5) is 19.6. The summed E-state index contributed by atoms with van der Waals surface area (Å²) in [6.07, 6.45) is 10.4. The Bertz CT molecular complexity index is 1200. The van der Waals surface area contributed by atoms with Crippen molar-refractivity contribution in [3.63, 3.8) is 0 Å². The summed E-state index contributed by atoms with van der Waals surface area (Å²) >= 11 is 0. The number of aromatic nitrogens is 2. The van der Waals surface area contributed by atoms with Gasteiger partial charge >= 0.3 is 0 Å². The third-order valence-corrected chi connectivity index (χ3v) is 6.22. The van der Waals surface area contributed by atoms with Gasteiger partial charge in [0.05, 0.1) is 23.1 Å². The van der Waals surface area contributed by atoms with Crippen molar-refractivity contribution in [2.45, 2.75) is 71.9 Å². The highest BCUT2D eigenvalue weighted by Crippen LogP contribution is 2.20. The van der Waals surface area contributed by atoms with Crippen LogP contribution >= 0.6 is 0 Å². The van der Waals surface area contributed by atoms with E-state index in [1.165, 1.54) is 12.1 Å². The van der Waals surface area contributed by atoms with Crippen LogP contribution in [0.5, 0.6) is 0 Å². The number of hydrogen-bond acceptors (Lipinski definition) is 3. The van der Waals surface area contributed by atoms with Gasteiger partial charge in [-0.15, -0.1) is 0 Å². The van der Waals surface area contributed by atoms with Crippen LogP contribution in [0.3, 0.4) is 0 Å². The van der Waals surface area contributed by atoms with E-state index in [2.05, 4.69) is 6.92 Å². The third kappa shape index (κ3) is 7.09. The molecule has 192 valence electrons. The Balaban J connectivity index is 1.83. The average molecular weight is 495 g/mol.